The lowest BCUT2D eigenvalue weighted by atomic mass is 10.3. The Bertz CT molecular complexity index is 592. The normalized spacial score (nSPS) is 9.94. The minimum atomic E-state index is -0.512. The van der Waals surface area contributed by atoms with E-state index >= 15 is 0 Å². The quantitative estimate of drug-likeness (QED) is 0.817. The molecular formula is C11H8FN3O2. The summed E-state index contributed by atoms with van der Waals surface area (Å²) in [4.78, 5) is 28.7. The summed E-state index contributed by atoms with van der Waals surface area (Å²) in [5.74, 6) is -0.793. The molecule has 0 bridgehead atoms. The number of nitrogens with zero attached hydrogens (tertiary/aromatic N) is 1. The Morgan fingerprint density at radius 1 is 1.29 bits per heavy atom. The molecule has 0 unspecified atom stereocenters. The van der Waals surface area contributed by atoms with Crippen LogP contribution in [0.2, 0.25) is 0 Å². The van der Waals surface area contributed by atoms with Crippen molar-refractivity contribution in [2.45, 2.75) is 0 Å². The van der Waals surface area contributed by atoms with E-state index in [1.165, 1.54) is 30.3 Å². The first kappa shape index (κ1) is 11.0. The molecule has 0 saturated carbocycles. The van der Waals surface area contributed by atoms with Gasteiger partial charge in [0.15, 0.2) is 0 Å². The monoisotopic (exact) mass is 233 g/mol. The Hall–Kier alpha value is -2.50. The molecule has 5 nitrogen and oxygen atoms in total. The molecule has 0 aliphatic carbocycles. The summed E-state index contributed by atoms with van der Waals surface area (Å²) in [6, 6.07) is 6.73. The minimum absolute atomic E-state index is 0.114. The fourth-order valence-electron chi connectivity index (χ4n) is 1.21. The van der Waals surface area contributed by atoms with Crippen LogP contribution in [-0.4, -0.2) is 15.9 Å². The highest BCUT2D eigenvalue weighted by molar-refractivity contribution is 6.02. The van der Waals surface area contributed by atoms with Gasteiger partial charge in [-0.25, -0.2) is 9.37 Å². The number of anilines is 1. The maximum Gasteiger partial charge on any atom is 0.273 e. The van der Waals surface area contributed by atoms with Gasteiger partial charge in [-0.1, -0.05) is 6.07 Å². The van der Waals surface area contributed by atoms with Gasteiger partial charge in [-0.2, -0.15) is 0 Å². The molecule has 2 N–H and O–H groups in total. The van der Waals surface area contributed by atoms with Crippen molar-refractivity contribution in [3.63, 3.8) is 0 Å². The Labute approximate surface area is 95.3 Å². The molecule has 0 aromatic carbocycles. The first-order valence-electron chi connectivity index (χ1n) is 4.77. The molecule has 2 aromatic rings. The number of carbonyl (C=O) groups excluding carboxylic acids is 1. The van der Waals surface area contributed by atoms with Crippen LogP contribution in [0.5, 0.6) is 0 Å². The molecule has 0 fully saturated rings. The Morgan fingerprint density at radius 3 is 2.76 bits per heavy atom. The summed E-state index contributed by atoms with van der Waals surface area (Å²) in [6.07, 6.45) is 0.989. The molecular weight excluding hydrogens is 225 g/mol. The number of nitrogens with one attached hydrogen (secondary N) is 2. The van der Waals surface area contributed by atoms with E-state index in [1.54, 1.807) is 0 Å². The third-order valence-corrected chi connectivity index (χ3v) is 1.98. The molecule has 6 heteroatoms. The van der Waals surface area contributed by atoms with Gasteiger partial charge in [0.1, 0.15) is 17.3 Å². The van der Waals surface area contributed by atoms with Crippen LogP contribution in [0, 0.1) is 5.82 Å². The van der Waals surface area contributed by atoms with Gasteiger partial charge in [0.25, 0.3) is 5.91 Å². The number of rotatable bonds is 2. The summed E-state index contributed by atoms with van der Waals surface area (Å²) >= 11 is 0. The van der Waals surface area contributed by atoms with Crippen LogP contribution in [0.4, 0.5) is 10.2 Å². The van der Waals surface area contributed by atoms with Gasteiger partial charge in [0.2, 0.25) is 5.56 Å². The second-order valence-electron chi connectivity index (χ2n) is 3.24. The van der Waals surface area contributed by atoms with Crippen molar-refractivity contribution in [2.75, 3.05) is 5.32 Å². The molecule has 0 radical (unpaired) electrons. The summed E-state index contributed by atoms with van der Waals surface area (Å²) in [5.41, 5.74) is -0.256. The molecule has 0 aliphatic heterocycles. The number of aromatic nitrogens is 2. The Morgan fingerprint density at radius 2 is 2.12 bits per heavy atom. The lowest BCUT2D eigenvalue weighted by molar-refractivity contribution is 0.102. The number of H-pyrrole nitrogens is 1. The zero-order valence-corrected chi connectivity index (χ0v) is 8.61. The van der Waals surface area contributed by atoms with E-state index in [0.29, 0.717) is 0 Å². The standard InChI is InChI=1S/C11H8FN3O2/c12-7-4-5-9(13-6-7)15-11(17)8-2-1-3-10(16)14-8/h1-6H,(H,14,16)(H,13,15,17). The smallest absolute Gasteiger partial charge is 0.273 e. The van der Waals surface area contributed by atoms with Gasteiger partial charge in [-0.05, 0) is 18.2 Å². The highest BCUT2D eigenvalue weighted by Gasteiger charge is 2.07. The number of halogens is 1. The lowest BCUT2D eigenvalue weighted by Crippen LogP contribution is -2.18. The highest BCUT2D eigenvalue weighted by atomic mass is 19.1. The number of hydrogen-bond donors (Lipinski definition) is 2. The number of amides is 1. The molecule has 1 amide bonds. The van der Waals surface area contributed by atoms with E-state index in [2.05, 4.69) is 15.3 Å². The SMILES string of the molecule is O=C(Nc1ccc(F)cn1)c1cccc(=O)[nH]1. The Balaban J connectivity index is 2.17. The van der Waals surface area contributed by atoms with E-state index < -0.39 is 11.7 Å². The van der Waals surface area contributed by atoms with Crippen molar-refractivity contribution in [1.82, 2.24) is 9.97 Å². The van der Waals surface area contributed by atoms with Crippen molar-refractivity contribution in [2.24, 2.45) is 0 Å². The summed E-state index contributed by atoms with van der Waals surface area (Å²) in [6.45, 7) is 0. The van der Waals surface area contributed by atoms with E-state index in [4.69, 9.17) is 0 Å². The van der Waals surface area contributed by atoms with E-state index in [9.17, 15) is 14.0 Å². The summed E-state index contributed by atoms with van der Waals surface area (Å²) in [5, 5.41) is 2.43. The molecule has 17 heavy (non-hydrogen) atoms. The van der Waals surface area contributed by atoms with E-state index in [0.717, 1.165) is 6.20 Å². The first-order chi connectivity index (χ1) is 8.15. The molecule has 2 rings (SSSR count). The van der Waals surface area contributed by atoms with Gasteiger partial charge in [-0.3, -0.25) is 9.59 Å². The number of carbonyl (C=O) groups is 1. The van der Waals surface area contributed by atoms with Crippen LogP contribution < -0.4 is 10.9 Å². The second-order valence-corrected chi connectivity index (χ2v) is 3.24. The van der Waals surface area contributed by atoms with Crippen LogP contribution in [0.15, 0.2) is 41.3 Å². The van der Waals surface area contributed by atoms with Gasteiger partial charge in [0.05, 0.1) is 6.20 Å². The van der Waals surface area contributed by atoms with Gasteiger partial charge in [0, 0.05) is 6.07 Å². The predicted octanol–water partition coefficient (Wildman–Crippen LogP) is 1.16. The highest BCUT2D eigenvalue weighted by Crippen LogP contribution is 2.04. The summed E-state index contributed by atoms with van der Waals surface area (Å²) < 4.78 is 12.6. The topological polar surface area (TPSA) is 74.8 Å². The molecule has 2 aromatic heterocycles. The maximum absolute atomic E-state index is 12.6. The zero-order chi connectivity index (χ0) is 12.3. The van der Waals surface area contributed by atoms with Gasteiger partial charge in [-0.15, -0.1) is 0 Å². The van der Waals surface area contributed by atoms with Gasteiger partial charge < -0.3 is 10.3 Å². The predicted molar refractivity (Wildman–Crippen MR) is 59.2 cm³/mol. The van der Waals surface area contributed by atoms with Gasteiger partial charge >= 0.3 is 0 Å². The molecule has 0 spiro atoms. The number of pyridine rings is 2. The fraction of sp³-hybridized carbons (Fsp3) is 0. The lowest BCUT2D eigenvalue weighted by Gasteiger charge is -2.03. The largest absolute Gasteiger partial charge is 0.318 e. The van der Waals surface area contributed by atoms with Crippen molar-refractivity contribution in [3.05, 3.63) is 58.4 Å². The third kappa shape index (κ3) is 2.75. The van der Waals surface area contributed by atoms with Crippen LogP contribution in [-0.2, 0) is 0 Å². The van der Waals surface area contributed by atoms with Crippen molar-refractivity contribution in [1.29, 1.82) is 0 Å². The molecule has 0 atom stereocenters. The van der Waals surface area contributed by atoms with E-state index in [-0.39, 0.29) is 17.1 Å². The Kier molecular flexibility index (Phi) is 2.95. The number of aromatic amines is 1. The summed E-state index contributed by atoms with van der Waals surface area (Å²) in [7, 11) is 0. The van der Waals surface area contributed by atoms with Crippen LogP contribution in [0.1, 0.15) is 10.5 Å². The minimum Gasteiger partial charge on any atom is -0.318 e. The van der Waals surface area contributed by atoms with Crippen LogP contribution in [0.3, 0.4) is 0 Å². The van der Waals surface area contributed by atoms with Crippen molar-refractivity contribution < 1.29 is 9.18 Å². The molecule has 2 heterocycles. The molecule has 86 valence electrons. The molecule has 0 saturated heterocycles. The van der Waals surface area contributed by atoms with Crippen molar-refractivity contribution in [3.8, 4) is 0 Å². The maximum atomic E-state index is 12.6. The average molecular weight is 233 g/mol. The van der Waals surface area contributed by atoms with Crippen LogP contribution in [0.25, 0.3) is 0 Å². The average Bonchev–Trinajstić information content (AvgIpc) is 2.32. The second kappa shape index (κ2) is 4.56. The van der Waals surface area contributed by atoms with Crippen LogP contribution >= 0.6 is 0 Å². The van der Waals surface area contributed by atoms with E-state index in [1.807, 2.05) is 0 Å². The number of hydrogen-bond acceptors (Lipinski definition) is 3. The molecule has 0 aliphatic rings. The first-order valence-corrected chi connectivity index (χ1v) is 4.77. The zero-order valence-electron chi connectivity index (χ0n) is 8.61. The fourth-order valence-corrected chi connectivity index (χ4v) is 1.21. The van der Waals surface area contributed by atoms with Crippen molar-refractivity contribution >= 4 is 11.7 Å². The third-order valence-electron chi connectivity index (χ3n) is 1.98.